The average Bonchev–Trinajstić information content (AvgIpc) is 3.76. The van der Waals surface area contributed by atoms with Crippen LogP contribution in [0.1, 0.15) is 22.3 Å². The van der Waals surface area contributed by atoms with Gasteiger partial charge in [-0.05, 0) is 91.3 Å². The second-order valence-corrected chi connectivity index (χ2v) is 16.4. The average molecular weight is 742 g/mol. The van der Waals surface area contributed by atoms with Crippen LogP contribution in [0.2, 0.25) is 0 Å². The maximum absolute atomic E-state index is 5.52. The summed E-state index contributed by atoms with van der Waals surface area (Å²) >= 11 is 1.87. The van der Waals surface area contributed by atoms with Gasteiger partial charge in [-0.3, -0.25) is 4.57 Å². The minimum Gasteiger partial charge on any atom is -0.278 e. The summed E-state index contributed by atoms with van der Waals surface area (Å²) < 4.78 is 2.32. The highest BCUT2D eigenvalue weighted by atomic mass is 32.2. The minimum absolute atomic E-state index is 0.472. The summed E-state index contributed by atoms with van der Waals surface area (Å²) in [7, 11) is 0. The summed E-state index contributed by atoms with van der Waals surface area (Å²) in [6.45, 7) is 0. The maximum Gasteiger partial charge on any atom is 0.235 e. The molecule has 0 saturated heterocycles. The summed E-state index contributed by atoms with van der Waals surface area (Å²) in [5.74, 6) is 0.666. The van der Waals surface area contributed by atoms with Crippen LogP contribution < -0.4 is 0 Å². The molecule has 0 atom stereocenters. The summed E-state index contributed by atoms with van der Waals surface area (Å²) in [6.07, 6.45) is 0. The van der Waals surface area contributed by atoms with Gasteiger partial charge in [0.1, 0.15) is 0 Å². The van der Waals surface area contributed by atoms with Crippen molar-refractivity contribution in [2.24, 2.45) is 0 Å². The van der Waals surface area contributed by atoms with Crippen molar-refractivity contribution < 1.29 is 0 Å². The lowest BCUT2D eigenvalue weighted by Gasteiger charge is -2.39. The number of nitrogens with zero attached hydrogens (tertiary/aromatic N) is 3. The molecule has 0 radical (unpaired) electrons. The number of benzene rings is 9. The molecular weight excluding hydrogens is 711 g/mol. The van der Waals surface area contributed by atoms with Crippen molar-refractivity contribution in [1.29, 1.82) is 0 Å². The highest BCUT2D eigenvalue weighted by Gasteiger charge is 2.50. The summed E-state index contributed by atoms with van der Waals surface area (Å²) in [6, 6.07) is 68.9. The molecule has 1 aliphatic carbocycles. The summed E-state index contributed by atoms with van der Waals surface area (Å²) in [5, 5.41) is 8.29. The van der Waals surface area contributed by atoms with E-state index in [2.05, 4.69) is 193 Å². The van der Waals surface area contributed by atoms with Gasteiger partial charge in [-0.2, -0.15) is 0 Å². The van der Waals surface area contributed by atoms with E-state index < -0.39 is 5.41 Å². The van der Waals surface area contributed by atoms with Crippen LogP contribution in [-0.4, -0.2) is 14.5 Å². The number of rotatable bonds is 2. The van der Waals surface area contributed by atoms with Gasteiger partial charge in [-0.1, -0.05) is 163 Å². The van der Waals surface area contributed by atoms with Crippen molar-refractivity contribution in [3.05, 3.63) is 210 Å². The molecule has 2 aliphatic rings. The normalized spacial score (nSPS) is 13.7. The molecule has 0 bridgehead atoms. The van der Waals surface area contributed by atoms with Crippen LogP contribution in [0.5, 0.6) is 0 Å². The van der Waals surface area contributed by atoms with E-state index in [1.54, 1.807) is 0 Å². The second-order valence-electron chi connectivity index (χ2n) is 15.3. The van der Waals surface area contributed by atoms with Crippen molar-refractivity contribution in [2.45, 2.75) is 15.2 Å². The third kappa shape index (κ3) is 4.17. The fourth-order valence-corrected chi connectivity index (χ4v) is 11.3. The van der Waals surface area contributed by atoms with E-state index in [-0.39, 0.29) is 0 Å². The Morgan fingerprint density at radius 2 is 1.07 bits per heavy atom. The predicted octanol–water partition coefficient (Wildman–Crippen LogP) is 13.5. The minimum atomic E-state index is -0.472. The summed E-state index contributed by atoms with van der Waals surface area (Å²) in [5.41, 5.74) is 12.6. The molecule has 0 amide bonds. The zero-order chi connectivity index (χ0) is 37.2. The lowest BCUT2D eigenvalue weighted by molar-refractivity contribution is 0.724. The molecule has 2 aromatic heterocycles. The lowest BCUT2D eigenvalue weighted by atomic mass is 9.67. The van der Waals surface area contributed by atoms with Crippen molar-refractivity contribution in [3.8, 4) is 28.3 Å². The summed E-state index contributed by atoms with van der Waals surface area (Å²) in [4.78, 5) is 13.4. The highest BCUT2D eigenvalue weighted by Crippen LogP contribution is 2.62. The van der Waals surface area contributed by atoms with Gasteiger partial charge in [-0.25, -0.2) is 9.97 Å². The molecule has 0 saturated carbocycles. The van der Waals surface area contributed by atoms with Crippen LogP contribution in [0, 0.1) is 0 Å². The highest BCUT2D eigenvalue weighted by molar-refractivity contribution is 7.99. The van der Waals surface area contributed by atoms with Gasteiger partial charge in [0.25, 0.3) is 0 Å². The first kappa shape index (κ1) is 31.2. The Morgan fingerprint density at radius 1 is 0.421 bits per heavy atom. The molecular formula is C53H31N3S. The van der Waals surface area contributed by atoms with Crippen LogP contribution in [0.4, 0.5) is 0 Å². The van der Waals surface area contributed by atoms with Gasteiger partial charge in [0.2, 0.25) is 5.95 Å². The monoisotopic (exact) mass is 741 g/mol. The third-order valence-electron chi connectivity index (χ3n) is 12.4. The topological polar surface area (TPSA) is 30.7 Å². The Kier molecular flexibility index (Phi) is 6.31. The number of aromatic nitrogens is 3. The molecule has 13 rings (SSSR count). The third-order valence-corrected chi connectivity index (χ3v) is 13.6. The van der Waals surface area contributed by atoms with E-state index in [4.69, 9.17) is 9.97 Å². The smallest absolute Gasteiger partial charge is 0.235 e. The quantitative estimate of drug-likeness (QED) is 0.177. The molecule has 57 heavy (non-hydrogen) atoms. The molecule has 264 valence electrons. The number of hydrogen-bond acceptors (Lipinski definition) is 3. The molecule has 3 nitrogen and oxygen atoms in total. The van der Waals surface area contributed by atoms with Crippen molar-refractivity contribution >= 4 is 66.0 Å². The Balaban J connectivity index is 1.17. The van der Waals surface area contributed by atoms with Crippen LogP contribution >= 0.6 is 11.8 Å². The standard InChI is InChI=1S/C53H31N3S/c1-2-15-34-29-35(26-25-32(34)13-1)51-39-19-7-11-23-45(39)54-52(55-51)56-46-28-27-33-14-3-4-16-36(33)50(46)40-30-44-49(31-47(40)56)57-48-24-12-10-22-43(48)53(44)41-20-8-5-17-37(41)38-18-6-9-21-42(38)53/h1-31H. The molecule has 11 aromatic rings. The first-order valence-corrected chi connectivity index (χ1v) is 20.3. The van der Waals surface area contributed by atoms with Gasteiger partial charge in [-0.15, -0.1) is 0 Å². The number of para-hydroxylation sites is 1. The van der Waals surface area contributed by atoms with E-state index in [1.165, 1.54) is 75.5 Å². The first-order chi connectivity index (χ1) is 28.3. The number of fused-ring (bicyclic) bond motifs is 16. The zero-order valence-electron chi connectivity index (χ0n) is 30.6. The number of hydrogen-bond donors (Lipinski definition) is 0. The van der Waals surface area contributed by atoms with E-state index in [1.807, 2.05) is 11.8 Å². The van der Waals surface area contributed by atoms with Gasteiger partial charge in [0, 0.05) is 31.5 Å². The predicted molar refractivity (Wildman–Crippen MR) is 236 cm³/mol. The molecule has 0 unspecified atom stereocenters. The van der Waals surface area contributed by atoms with Gasteiger partial charge in [0.15, 0.2) is 0 Å². The van der Waals surface area contributed by atoms with Gasteiger partial charge < -0.3 is 0 Å². The van der Waals surface area contributed by atoms with Crippen molar-refractivity contribution in [2.75, 3.05) is 0 Å². The van der Waals surface area contributed by atoms with E-state index >= 15 is 0 Å². The molecule has 9 aromatic carbocycles. The fourth-order valence-electron chi connectivity index (χ4n) is 10.1. The largest absolute Gasteiger partial charge is 0.278 e. The van der Waals surface area contributed by atoms with Gasteiger partial charge >= 0.3 is 0 Å². The molecule has 1 aliphatic heterocycles. The van der Waals surface area contributed by atoms with E-state index in [0.29, 0.717) is 5.95 Å². The Morgan fingerprint density at radius 3 is 1.89 bits per heavy atom. The molecule has 0 N–H and O–H groups in total. The van der Waals surface area contributed by atoms with Crippen LogP contribution in [0.3, 0.4) is 0 Å². The Bertz CT molecular complexity index is 3480. The van der Waals surface area contributed by atoms with Gasteiger partial charge in [0.05, 0.1) is 27.7 Å². The van der Waals surface area contributed by atoms with Crippen LogP contribution in [0.25, 0.3) is 82.6 Å². The van der Waals surface area contributed by atoms with Crippen LogP contribution in [0.15, 0.2) is 198 Å². The lowest BCUT2D eigenvalue weighted by Crippen LogP contribution is -2.32. The fraction of sp³-hybridized carbons (Fsp3) is 0.0189. The Hall–Kier alpha value is -7.01. The van der Waals surface area contributed by atoms with Crippen molar-refractivity contribution in [1.82, 2.24) is 14.5 Å². The Labute approximate surface area is 332 Å². The molecule has 1 spiro atoms. The first-order valence-electron chi connectivity index (χ1n) is 19.5. The SMILES string of the molecule is c1ccc2c(c1)Sc1cc3c(cc1C21c2ccccc2-c2ccccc21)c1c2ccccc2ccc1n3-c1nc(-c2ccc3ccccc3c2)c2ccccc2n1. The van der Waals surface area contributed by atoms with E-state index in [0.717, 1.165) is 33.2 Å². The van der Waals surface area contributed by atoms with Crippen molar-refractivity contribution in [3.63, 3.8) is 0 Å². The molecule has 3 heterocycles. The molecule has 0 fully saturated rings. The zero-order valence-corrected chi connectivity index (χ0v) is 31.5. The molecule has 4 heteroatoms. The van der Waals surface area contributed by atoms with Crippen LogP contribution in [-0.2, 0) is 5.41 Å². The maximum atomic E-state index is 5.52. The second kappa shape index (κ2) is 11.5. The van der Waals surface area contributed by atoms with E-state index in [9.17, 15) is 0 Å².